The van der Waals surface area contributed by atoms with Crippen molar-refractivity contribution >= 4 is 34.5 Å². The van der Waals surface area contributed by atoms with Gasteiger partial charge in [0.05, 0.1) is 16.9 Å². The van der Waals surface area contributed by atoms with Gasteiger partial charge in [0.2, 0.25) is 5.91 Å². The number of rotatable bonds is 8. The number of phenols is 1. The van der Waals surface area contributed by atoms with Crippen molar-refractivity contribution in [3.05, 3.63) is 59.2 Å². The molecule has 2 aliphatic heterocycles. The predicted molar refractivity (Wildman–Crippen MR) is 130 cm³/mol. The molecule has 2 aromatic carbocycles. The summed E-state index contributed by atoms with van der Waals surface area (Å²) in [4.78, 5) is 36.8. The van der Waals surface area contributed by atoms with Crippen LogP contribution in [0.25, 0.3) is 0 Å². The number of imide groups is 1. The van der Waals surface area contributed by atoms with Crippen LogP contribution in [0.4, 0.5) is 10.5 Å². The summed E-state index contributed by atoms with van der Waals surface area (Å²) in [6, 6.07) is 12.7. The summed E-state index contributed by atoms with van der Waals surface area (Å²) in [5, 5.41) is 25.3. The highest BCUT2D eigenvalue weighted by Crippen LogP contribution is 2.26. The van der Waals surface area contributed by atoms with Crippen LogP contribution in [0.5, 0.6) is 5.75 Å². The molecule has 2 unspecified atom stereocenters. The highest BCUT2D eigenvalue weighted by Gasteiger charge is 2.31. The van der Waals surface area contributed by atoms with Crippen molar-refractivity contribution in [2.45, 2.75) is 36.7 Å². The van der Waals surface area contributed by atoms with Crippen LogP contribution in [0.1, 0.15) is 40.4 Å². The first-order valence-corrected chi connectivity index (χ1v) is 12.1. The fourth-order valence-corrected chi connectivity index (χ4v) is 5.14. The van der Waals surface area contributed by atoms with Gasteiger partial charge in [0.1, 0.15) is 5.75 Å². The Hall–Kier alpha value is -3.08. The van der Waals surface area contributed by atoms with E-state index < -0.39 is 12.0 Å². The summed E-state index contributed by atoms with van der Waals surface area (Å²) >= 11 is 1.04. The molecule has 2 heterocycles. The van der Waals surface area contributed by atoms with Crippen LogP contribution in [0, 0.1) is 0 Å². The van der Waals surface area contributed by atoms with Crippen LogP contribution in [0.15, 0.2) is 42.5 Å². The number of primary amides is 1. The quantitative estimate of drug-likeness (QED) is 0.381. The Kier molecular flexibility index (Phi) is 7.40. The number of hydrogen-bond acceptors (Lipinski definition) is 8. The molecule has 9 nitrogen and oxygen atoms in total. The molecule has 2 saturated heterocycles. The van der Waals surface area contributed by atoms with E-state index in [1.54, 1.807) is 6.07 Å². The first-order valence-electron chi connectivity index (χ1n) is 11.2. The Labute approximate surface area is 201 Å². The number of carbonyl (C=O) groups is 3. The zero-order chi connectivity index (χ0) is 24.2. The topological polar surface area (TPSA) is 145 Å². The van der Waals surface area contributed by atoms with Gasteiger partial charge in [0.15, 0.2) is 0 Å². The molecule has 10 heteroatoms. The maximum Gasteiger partial charge on any atom is 0.286 e. The van der Waals surface area contributed by atoms with Crippen molar-refractivity contribution in [1.29, 1.82) is 0 Å². The second-order valence-electron chi connectivity index (χ2n) is 8.58. The summed E-state index contributed by atoms with van der Waals surface area (Å²) in [7, 11) is 0. The van der Waals surface area contributed by atoms with Gasteiger partial charge in [0, 0.05) is 31.4 Å². The van der Waals surface area contributed by atoms with Crippen molar-refractivity contribution < 1.29 is 24.6 Å². The van der Waals surface area contributed by atoms with Crippen molar-refractivity contribution in [2.75, 3.05) is 24.5 Å². The molecule has 34 heavy (non-hydrogen) atoms. The van der Waals surface area contributed by atoms with Gasteiger partial charge in [-0.1, -0.05) is 30.0 Å². The third-order valence-corrected chi connectivity index (χ3v) is 7.24. The molecular formula is C24H28N4O5S. The van der Waals surface area contributed by atoms with E-state index >= 15 is 0 Å². The van der Waals surface area contributed by atoms with Gasteiger partial charge >= 0.3 is 0 Å². The van der Waals surface area contributed by atoms with E-state index in [1.807, 2.05) is 24.3 Å². The smallest absolute Gasteiger partial charge is 0.286 e. The van der Waals surface area contributed by atoms with Crippen molar-refractivity contribution in [2.24, 2.45) is 5.73 Å². The minimum absolute atomic E-state index is 0.00497. The molecule has 180 valence electrons. The van der Waals surface area contributed by atoms with Gasteiger partial charge < -0.3 is 26.2 Å². The van der Waals surface area contributed by atoms with Gasteiger partial charge in [-0.2, -0.15) is 0 Å². The average Bonchev–Trinajstić information content (AvgIpc) is 3.14. The van der Waals surface area contributed by atoms with Crippen LogP contribution in [-0.4, -0.2) is 58.2 Å². The van der Waals surface area contributed by atoms with Gasteiger partial charge in [-0.15, -0.1) is 0 Å². The van der Waals surface area contributed by atoms with Gasteiger partial charge in [-0.3, -0.25) is 19.7 Å². The van der Waals surface area contributed by atoms with Crippen LogP contribution in [-0.2, 0) is 11.2 Å². The Morgan fingerprint density at radius 3 is 2.50 bits per heavy atom. The van der Waals surface area contributed by atoms with E-state index in [2.05, 4.69) is 15.5 Å². The Morgan fingerprint density at radius 2 is 1.88 bits per heavy atom. The molecule has 0 bridgehead atoms. The molecule has 0 aromatic heterocycles. The Morgan fingerprint density at radius 1 is 1.18 bits per heavy atom. The summed E-state index contributed by atoms with van der Waals surface area (Å²) in [5.41, 5.74) is 7.91. The number of nitrogens with one attached hydrogen (secondary N) is 2. The largest absolute Gasteiger partial charge is 0.507 e. The normalized spacial score (nSPS) is 19.8. The summed E-state index contributed by atoms with van der Waals surface area (Å²) in [6.45, 7) is 2.07. The lowest BCUT2D eigenvalue weighted by molar-refractivity contribution is -0.118. The molecular weight excluding hydrogens is 456 g/mol. The summed E-state index contributed by atoms with van der Waals surface area (Å²) < 4.78 is 0. The molecule has 6 N–H and O–H groups in total. The minimum Gasteiger partial charge on any atom is -0.507 e. The maximum absolute atomic E-state index is 11.8. The predicted octanol–water partition coefficient (Wildman–Crippen LogP) is 1.68. The van der Waals surface area contributed by atoms with Crippen LogP contribution in [0.2, 0.25) is 0 Å². The molecule has 2 aromatic rings. The standard InChI is InChI=1S/C24H28N4O5S/c25-22(31)18-12-15(3-6-19(18)29)20(30)13-26-16-7-9-28(10-8-16)17-4-1-14(2-5-17)11-21-23(32)27-24(33)34-21/h1-6,12,16,20-21,26,29-30H,7-11,13H2,(H2,25,31)(H,27,32,33). The number of nitrogens with zero attached hydrogens (tertiary/aromatic N) is 1. The SMILES string of the molecule is NC(=O)c1cc(C(O)CNC2CCN(c3ccc(CC4SC(=O)NC4=O)cc3)CC2)ccc1O. The molecule has 3 amide bonds. The first-order chi connectivity index (χ1) is 16.3. The number of hydrogen-bond donors (Lipinski definition) is 5. The van der Waals surface area contributed by atoms with Crippen molar-refractivity contribution in [1.82, 2.24) is 10.6 Å². The number of thioether (sulfide) groups is 1. The number of aliphatic hydroxyl groups is 1. The fourth-order valence-electron chi connectivity index (χ4n) is 4.28. The lowest BCUT2D eigenvalue weighted by atomic mass is 10.0. The van der Waals surface area contributed by atoms with Crippen LogP contribution >= 0.6 is 11.8 Å². The molecule has 0 aliphatic carbocycles. The van der Waals surface area contributed by atoms with Crippen LogP contribution in [0.3, 0.4) is 0 Å². The zero-order valence-electron chi connectivity index (χ0n) is 18.6. The molecule has 4 rings (SSSR count). The summed E-state index contributed by atoms with van der Waals surface area (Å²) in [6.07, 6.45) is 1.54. The molecule has 2 atom stereocenters. The van der Waals surface area contributed by atoms with Gasteiger partial charge in [-0.05, 0) is 54.7 Å². The third-order valence-electron chi connectivity index (χ3n) is 6.26. The molecule has 0 radical (unpaired) electrons. The van der Waals surface area contributed by atoms with Crippen molar-refractivity contribution in [3.8, 4) is 5.75 Å². The molecule has 0 spiro atoms. The molecule has 2 fully saturated rings. The number of amides is 3. The molecule has 0 saturated carbocycles. The first kappa shape index (κ1) is 24.1. The number of carbonyl (C=O) groups excluding carboxylic acids is 3. The highest BCUT2D eigenvalue weighted by atomic mass is 32.2. The lowest BCUT2D eigenvalue weighted by Gasteiger charge is -2.34. The monoisotopic (exact) mass is 484 g/mol. The van der Waals surface area contributed by atoms with Crippen molar-refractivity contribution in [3.63, 3.8) is 0 Å². The number of aliphatic hydroxyl groups excluding tert-OH is 1. The van der Waals surface area contributed by atoms with E-state index in [1.165, 1.54) is 12.1 Å². The second-order valence-corrected chi connectivity index (χ2v) is 9.76. The zero-order valence-corrected chi connectivity index (χ0v) is 19.4. The van der Waals surface area contributed by atoms with E-state index in [4.69, 9.17) is 5.73 Å². The van der Waals surface area contributed by atoms with Gasteiger partial charge in [0.25, 0.3) is 11.1 Å². The number of nitrogens with two attached hydrogens (primary N) is 1. The molecule has 2 aliphatic rings. The van der Waals surface area contributed by atoms with Gasteiger partial charge in [-0.25, -0.2) is 0 Å². The average molecular weight is 485 g/mol. The van der Waals surface area contributed by atoms with E-state index in [9.17, 15) is 24.6 Å². The van der Waals surface area contributed by atoms with E-state index in [0.717, 1.165) is 48.9 Å². The fraction of sp³-hybridized carbons (Fsp3) is 0.375. The third kappa shape index (κ3) is 5.69. The lowest BCUT2D eigenvalue weighted by Crippen LogP contribution is -2.43. The second kappa shape index (κ2) is 10.5. The van der Waals surface area contributed by atoms with Crippen LogP contribution < -0.4 is 21.3 Å². The highest BCUT2D eigenvalue weighted by molar-refractivity contribution is 8.15. The number of aromatic hydroxyl groups is 1. The number of piperidine rings is 1. The Bertz CT molecular complexity index is 1070. The van der Waals surface area contributed by atoms with E-state index in [0.29, 0.717) is 18.5 Å². The minimum atomic E-state index is -0.820. The number of benzene rings is 2. The maximum atomic E-state index is 11.8. The van der Waals surface area contributed by atoms with E-state index in [-0.39, 0.29) is 33.8 Å². The Balaban J connectivity index is 1.24. The number of anilines is 1. The summed E-state index contributed by atoms with van der Waals surface area (Å²) in [5.74, 6) is -1.16.